The molecule has 1 aromatic carbocycles. The number of aliphatic hydroxyl groups excluding tert-OH is 3. The lowest BCUT2D eigenvalue weighted by Gasteiger charge is -2.44. The molecule has 1 saturated carbocycles. The fourth-order valence-corrected chi connectivity index (χ4v) is 3.42. The Kier molecular flexibility index (Phi) is 2.66. The van der Waals surface area contributed by atoms with Crippen LogP contribution in [-0.4, -0.2) is 52.4 Å². The summed E-state index contributed by atoms with van der Waals surface area (Å²) in [5.41, 5.74) is 1.16. The van der Waals surface area contributed by atoms with E-state index in [9.17, 15) is 20.1 Å². The molecule has 5 atom stereocenters. The van der Waals surface area contributed by atoms with Crippen molar-refractivity contribution in [1.29, 1.82) is 0 Å². The molecule has 1 amide bonds. The Morgan fingerprint density at radius 2 is 1.81 bits per heavy atom. The van der Waals surface area contributed by atoms with Gasteiger partial charge in [-0.15, -0.1) is 0 Å². The Balaban J connectivity index is 1.82. The molecule has 0 bridgehead atoms. The molecule has 21 heavy (non-hydrogen) atoms. The van der Waals surface area contributed by atoms with E-state index in [1.54, 1.807) is 12.1 Å². The number of ether oxygens (including phenoxy) is 2. The first-order valence-corrected chi connectivity index (χ1v) is 6.85. The molecular weight excluding hydrogens is 278 g/mol. The summed E-state index contributed by atoms with van der Waals surface area (Å²) in [7, 11) is 0. The predicted molar refractivity (Wildman–Crippen MR) is 69.2 cm³/mol. The van der Waals surface area contributed by atoms with Crippen LogP contribution in [0.15, 0.2) is 12.1 Å². The van der Waals surface area contributed by atoms with E-state index in [-0.39, 0.29) is 25.0 Å². The lowest BCUT2D eigenvalue weighted by atomic mass is 9.72. The highest BCUT2D eigenvalue weighted by Crippen LogP contribution is 2.43. The minimum absolute atomic E-state index is 0.109. The van der Waals surface area contributed by atoms with Crippen LogP contribution in [-0.2, 0) is 0 Å². The number of carbonyl (C=O) groups is 1. The van der Waals surface area contributed by atoms with Crippen LogP contribution < -0.4 is 14.8 Å². The van der Waals surface area contributed by atoms with Gasteiger partial charge in [-0.25, -0.2) is 0 Å². The molecule has 112 valence electrons. The van der Waals surface area contributed by atoms with Gasteiger partial charge in [0.15, 0.2) is 11.5 Å². The first-order valence-electron chi connectivity index (χ1n) is 6.85. The van der Waals surface area contributed by atoms with E-state index in [1.165, 1.54) is 0 Å². The molecule has 2 aliphatic heterocycles. The van der Waals surface area contributed by atoms with E-state index in [2.05, 4.69) is 5.32 Å². The van der Waals surface area contributed by atoms with Crippen molar-refractivity contribution < 1.29 is 29.6 Å². The summed E-state index contributed by atoms with van der Waals surface area (Å²) in [5.74, 6) is 0.462. The normalized spacial score (nSPS) is 36.7. The van der Waals surface area contributed by atoms with Crippen molar-refractivity contribution in [3.63, 3.8) is 0 Å². The van der Waals surface area contributed by atoms with E-state index in [1.807, 2.05) is 0 Å². The Morgan fingerprint density at radius 3 is 2.57 bits per heavy atom. The number of benzene rings is 1. The second kappa shape index (κ2) is 4.33. The summed E-state index contributed by atoms with van der Waals surface area (Å²) in [6, 6.07) is 2.72. The van der Waals surface area contributed by atoms with Crippen molar-refractivity contribution in [2.75, 3.05) is 6.79 Å². The maximum Gasteiger partial charge on any atom is 0.252 e. The van der Waals surface area contributed by atoms with Gasteiger partial charge in [-0.1, -0.05) is 0 Å². The largest absolute Gasteiger partial charge is 0.454 e. The second-order valence-electron chi connectivity index (χ2n) is 5.68. The zero-order valence-electron chi connectivity index (χ0n) is 11.0. The third-order valence-corrected chi connectivity index (χ3v) is 4.53. The average molecular weight is 293 g/mol. The number of amides is 1. The number of rotatable bonds is 0. The topological polar surface area (TPSA) is 108 Å². The first-order chi connectivity index (χ1) is 10.1. The Morgan fingerprint density at radius 1 is 1.10 bits per heavy atom. The third kappa shape index (κ3) is 1.75. The van der Waals surface area contributed by atoms with Crippen molar-refractivity contribution in [1.82, 2.24) is 5.32 Å². The van der Waals surface area contributed by atoms with Gasteiger partial charge >= 0.3 is 0 Å². The van der Waals surface area contributed by atoms with Gasteiger partial charge in [0.25, 0.3) is 5.91 Å². The van der Waals surface area contributed by atoms with E-state index in [0.717, 1.165) is 0 Å². The van der Waals surface area contributed by atoms with Gasteiger partial charge in [0.1, 0.15) is 12.2 Å². The molecule has 1 unspecified atom stereocenters. The minimum atomic E-state index is -1.26. The van der Waals surface area contributed by atoms with Gasteiger partial charge in [-0.3, -0.25) is 4.79 Å². The zero-order chi connectivity index (χ0) is 14.7. The fraction of sp³-hybridized carbons (Fsp3) is 0.500. The summed E-state index contributed by atoms with van der Waals surface area (Å²) < 4.78 is 10.6. The van der Waals surface area contributed by atoms with Crippen molar-refractivity contribution in [3.05, 3.63) is 23.3 Å². The number of aliphatic hydroxyl groups is 3. The fourth-order valence-electron chi connectivity index (χ4n) is 3.42. The van der Waals surface area contributed by atoms with Gasteiger partial charge in [-0.05, 0) is 24.1 Å². The number of hydrogen-bond donors (Lipinski definition) is 4. The van der Waals surface area contributed by atoms with Crippen LogP contribution in [0.1, 0.15) is 28.3 Å². The van der Waals surface area contributed by atoms with Crippen LogP contribution in [0.4, 0.5) is 0 Å². The highest BCUT2D eigenvalue weighted by Gasteiger charge is 2.47. The standard InChI is InChI=1S/C14H15NO6/c16-8-1-6-5-2-9-10(21-4-20-9)3-7(5)14(19)15-11(6)13(18)12(8)17/h2-3,6,8,11-13,16-18H,1,4H2,(H,15,19)/t6?,8-,11+,12+,13-/m0/s1. The van der Waals surface area contributed by atoms with E-state index >= 15 is 0 Å². The first kappa shape index (κ1) is 12.9. The molecule has 7 nitrogen and oxygen atoms in total. The van der Waals surface area contributed by atoms with Crippen molar-refractivity contribution in [3.8, 4) is 11.5 Å². The second-order valence-corrected chi connectivity index (χ2v) is 5.68. The molecule has 0 radical (unpaired) electrons. The SMILES string of the molecule is O=C1N[C@@H]2C(C[C@H](O)[C@@H](O)[C@H]2O)c2cc3c(cc21)OCO3. The average Bonchev–Trinajstić information content (AvgIpc) is 2.92. The molecule has 0 spiro atoms. The number of hydrogen-bond acceptors (Lipinski definition) is 6. The van der Waals surface area contributed by atoms with E-state index < -0.39 is 24.4 Å². The molecule has 2 heterocycles. The highest BCUT2D eigenvalue weighted by atomic mass is 16.7. The zero-order valence-corrected chi connectivity index (χ0v) is 11.0. The molecule has 7 heteroatoms. The molecule has 1 aliphatic carbocycles. The molecule has 4 rings (SSSR count). The maximum atomic E-state index is 12.2. The van der Waals surface area contributed by atoms with Crippen LogP contribution in [0.5, 0.6) is 11.5 Å². The molecule has 0 saturated heterocycles. The summed E-state index contributed by atoms with van der Waals surface area (Å²) in [4.78, 5) is 12.2. The monoisotopic (exact) mass is 293 g/mol. The Bertz CT molecular complexity index is 618. The van der Waals surface area contributed by atoms with Gasteiger partial charge in [-0.2, -0.15) is 0 Å². The van der Waals surface area contributed by atoms with Crippen molar-refractivity contribution in [2.45, 2.75) is 36.7 Å². The summed E-state index contributed by atoms with van der Waals surface area (Å²) in [5, 5.41) is 32.5. The number of fused-ring (bicyclic) bond motifs is 4. The number of nitrogens with one attached hydrogen (secondary N) is 1. The lowest BCUT2D eigenvalue weighted by molar-refractivity contribution is -0.104. The van der Waals surface area contributed by atoms with Crippen LogP contribution in [0.25, 0.3) is 0 Å². The molecule has 0 aromatic heterocycles. The van der Waals surface area contributed by atoms with Crippen molar-refractivity contribution >= 4 is 5.91 Å². The maximum absolute atomic E-state index is 12.2. The minimum Gasteiger partial charge on any atom is -0.454 e. The Hall–Kier alpha value is -1.83. The van der Waals surface area contributed by atoms with Crippen LogP contribution in [0.2, 0.25) is 0 Å². The third-order valence-electron chi connectivity index (χ3n) is 4.53. The van der Waals surface area contributed by atoms with Gasteiger partial charge < -0.3 is 30.1 Å². The lowest BCUT2D eigenvalue weighted by Crippen LogP contribution is -2.61. The highest BCUT2D eigenvalue weighted by molar-refractivity contribution is 5.98. The van der Waals surface area contributed by atoms with E-state index in [4.69, 9.17) is 9.47 Å². The summed E-state index contributed by atoms with van der Waals surface area (Å²) in [6.45, 7) is 0.109. The molecule has 4 N–H and O–H groups in total. The van der Waals surface area contributed by atoms with Gasteiger partial charge in [0.05, 0.1) is 12.1 Å². The molecule has 3 aliphatic rings. The smallest absolute Gasteiger partial charge is 0.252 e. The van der Waals surface area contributed by atoms with Crippen LogP contribution in [0, 0.1) is 0 Å². The summed E-state index contributed by atoms with van der Waals surface area (Å²) in [6.07, 6.45) is -3.24. The van der Waals surface area contributed by atoms with Crippen LogP contribution >= 0.6 is 0 Å². The summed E-state index contributed by atoms with van der Waals surface area (Å²) >= 11 is 0. The van der Waals surface area contributed by atoms with Gasteiger partial charge in [0.2, 0.25) is 6.79 Å². The molecule has 1 aromatic rings. The molecule has 1 fully saturated rings. The predicted octanol–water partition coefficient (Wildman–Crippen LogP) is -0.903. The number of carbonyl (C=O) groups excluding carboxylic acids is 1. The Labute approximate surface area is 120 Å². The quantitative estimate of drug-likeness (QED) is 0.493. The molecular formula is C14H15NO6. The van der Waals surface area contributed by atoms with Crippen molar-refractivity contribution in [2.24, 2.45) is 0 Å². The van der Waals surface area contributed by atoms with Gasteiger partial charge in [0, 0.05) is 11.5 Å². The van der Waals surface area contributed by atoms with E-state index in [0.29, 0.717) is 22.6 Å². The van der Waals surface area contributed by atoms with Crippen LogP contribution in [0.3, 0.4) is 0 Å².